The molecular formula is C18H19FN4O2. The van der Waals surface area contributed by atoms with Gasteiger partial charge in [-0.1, -0.05) is 0 Å². The molecule has 4 rings (SSSR count). The third kappa shape index (κ3) is 3.15. The van der Waals surface area contributed by atoms with E-state index in [1.165, 1.54) is 12.1 Å². The van der Waals surface area contributed by atoms with Crippen LogP contribution in [-0.4, -0.2) is 37.0 Å². The molecule has 0 bridgehead atoms. The van der Waals surface area contributed by atoms with Crippen LogP contribution in [0.3, 0.4) is 0 Å². The number of rotatable bonds is 3. The molecule has 0 atom stereocenters. The van der Waals surface area contributed by atoms with E-state index in [0.717, 1.165) is 25.7 Å². The van der Waals surface area contributed by atoms with Gasteiger partial charge in [0.1, 0.15) is 5.82 Å². The summed E-state index contributed by atoms with van der Waals surface area (Å²) in [4.78, 5) is 4.30. The van der Waals surface area contributed by atoms with Crippen molar-refractivity contribution < 1.29 is 14.6 Å². The van der Waals surface area contributed by atoms with Crippen LogP contribution in [0.25, 0.3) is 16.9 Å². The first-order valence-electron chi connectivity index (χ1n) is 8.38. The molecule has 1 aliphatic rings. The quantitative estimate of drug-likeness (QED) is 0.682. The van der Waals surface area contributed by atoms with Crippen molar-refractivity contribution in [2.45, 2.75) is 37.8 Å². The molecule has 0 aliphatic heterocycles. The van der Waals surface area contributed by atoms with Gasteiger partial charge in [0.15, 0.2) is 17.2 Å². The SMILES string of the molecule is Oc1ccc(-c2cnc3ccc(N[C@H]4CC[C@H](O)CC4)nn23)cc1F. The largest absolute Gasteiger partial charge is 0.505 e. The maximum absolute atomic E-state index is 13.7. The summed E-state index contributed by atoms with van der Waals surface area (Å²) < 4.78 is 15.3. The van der Waals surface area contributed by atoms with Crippen LogP contribution in [-0.2, 0) is 0 Å². The lowest BCUT2D eigenvalue weighted by Gasteiger charge is -2.26. The van der Waals surface area contributed by atoms with Gasteiger partial charge in [0.2, 0.25) is 0 Å². The Labute approximate surface area is 144 Å². The molecule has 3 aromatic rings. The van der Waals surface area contributed by atoms with E-state index in [1.807, 2.05) is 12.1 Å². The highest BCUT2D eigenvalue weighted by molar-refractivity contribution is 5.64. The molecule has 0 spiro atoms. The molecule has 2 aromatic heterocycles. The molecule has 0 amide bonds. The number of nitrogens with one attached hydrogen (secondary N) is 1. The van der Waals surface area contributed by atoms with Gasteiger partial charge in [-0.25, -0.2) is 13.9 Å². The van der Waals surface area contributed by atoms with Gasteiger partial charge in [0.05, 0.1) is 18.0 Å². The lowest BCUT2D eigenvalue weighted by molar-refractivity contribution is 0.126. The number of aliphatic hydroxyl groups excluding tert-OH is 1. The third-order valence-corrected chi connectivity index (χ3v) is 4.65. The lowest BCUT2D eigenvalue weighted by atomic mass is 9.93. The van der Waals surface area contributed by atoms with E-state index in [1.54, 1.807) is 16.8 Å². The molecular weight excluding hydrogens is 323 g/mol. The second-order valence-electron chi connectivity index (χ2n) is 6.45. The van der Waals surface area contributed by atoms with Crippen molar-refractivity contribution in [3.63, 3.8) is 0 Å². The van der Waals surface area contributed by atoms with Gasteiger partial charge in [-0.05, 0) is 56.0 Å². The van der Waals surface area contributed by atoms with Crippen LogP contribution in [0.15, 0.2) is 36.5 Å². The Morgan fingerprint density at radius 3 is 2.68 bits per heavy atom. The van der Waals surface area contributed by atoms with E-state index in [2.05, 4.69) is 15.4 Å². The molecule has 6 nitrogen and oxygen atoms in total. The number of halogens is 1. The first-order valence-corrected chi connectivity index (χ1v) is 8.38. The Kier molecular flexibility index (Phi) is 4.01. The van der Waals surface area contributed by atoms with Gasteiger partial charge < -0.3 is 15.5 Å². The van der Waals surface area contributed by atoms with Crippen LogP contribution >= 0.6 is 0 Å². The summed E-state index contributed by atoms with van der Waals surface area (Å²) in [5.74, 6) is -0.345. The number of imidazole rings is 1. The maximum atomic E-state index is 13.7. The van der Waals surface area contributed by atoms with Crippen molar-refractivity contribution in [1.82, 2.24) is 14.6 Å². The van der Waals surface area contributed by atoms with Crippen molar-refractivity contribution in [2.24, 2.45) is 0 Å². The van der Waals surface area contributed by atoms with E-state index < -0.39 is 5.82 Å². The average molecular weight is 342 g/mol. The summed E-state index contributed by atoms with van der Waals surface area (Å²) in [6.45, 7) is 0. The fourth-order valence-corrected chi connectivity index (χ4v) is 3.24. The molecule has 25 heavy (non-hydrogen) atoms. The number of aromatic nitrogens is 3. The second-order valence-corrected chi connectivity index (χ2v) is 6.45. The molecule has 0 radical (unpaired) electrons. The summed E-state index contributed by atoms with van der Waals surface area (Å²) in [6.07, 6.45) is 4.83. The third-order valence-electron chi connectivity index (χ3n) is 4.65. The number of phenolic OH excluding ortho intramolecular Hbond substituents is 1. The molecule has 7 heteroatoms. The van der Waals surface area contributed by atoms with Gasteiger partial charge in [0, 0.05) is 11.6 Å². The summed E-state index contributed by atoms with van der Waals surface area (Å²) in [5.41, 5.74) is 1.90. The number of aromatic hydroxyl groups is 1. The lowest BCUT2D eigenvalue weighted by Crippen LogP contribution is -2.28. The smallest absolute Gasteiger partial charge is 0.165 e. The highest BCUT2D eigenvalue weighted by atomic mass is 19.1. The Hall–Kier alpha value is -2.67. The first-order chi connectivity index (χ1) is 12.1. The maximum Gasteiger partial charge on any atom is 0.165 e. The minimum atomic E-state index is -0.678. The number of benzene rings is 1. The van der Waals surface area contributed by atoms with Crippen LogP contribution in [0, 0.1) is 5.82 Å². The zero-order chi connectivity index (χ0) is 17.4. The highest BCUT2D eigenvalue weighted by Crippen LogP contribution is 2.26. The fraction of sp³-hybridized carbons (Fsp3) is 0.333. The van der Waals surface area contributed by atoms with E-state index in [9.17, 15) is 14.6 Å². The monoisotopic (exact) mass is 342 g/mol. The van der Waals surface area contributed by atoms with E-state index in [-0.39, 0.29) is 17.9 Å². The fourth-order valence-electron chi connectivity index (χ4n) is 3.24. The van der Waals surface area contributed by atoms with Gasteiger partial charge in [-0.3, -0.25) is 0 Å². The van der Waals surface area contributed by atoms with Crippen LogP contribution in [0.5, 0.6) is 5.75 Å². The summed E-state index contributed by atoms with van der Waals surface area (Å²) in [5, 5.41) is 26.9. The van der Waals surface area contributed by atoms with Crippen LogP contribution < -0.4 is 5.32 Å². The zero-order valence-corrected chi connectivity index (χ0v) is 13.6. The van der Waals surface area contributed by atoms with Gasteiger partial charge in [-0.2, -0.15) is 0 Å². The Morgan fingerprint density at radius 2 is 1.92 bits per heavy atom. The first kappa shape index (κ1) is 15.8. The van der Waals surface area contributed by atoms with Crippen molar-refractivity contribution in [1.29, 1.82) is 0 Å². The highest BCUT2D eigenvalue weighted by Gasteiger charge is 2.19. The Morgan fingerprint density at radius 1 is 1.12 bits per heavy atom. The van der Waals surface area contributed by atoms with Crippen molar-refractivity contribution in [3.05, 3.63) is 42.3 Å². The summed E-state index contributed by atoms with van der Waals surface area (Å²) >= 11 is 0. The number of hydrogen-bond acceptors (Lipinski definition) is 5. The van der Waals surface area contributed by atoms with Crippen LogP contribution in [0.4, 0.5) is 10.2 Å². The number of nitrogens with zero attached hydrogens (tertiary/aromatic N) is 3. The zero-order valence-electron chi connectivity index (χ0n) is 13.6. The molecule has 3 N–H and O–H groups in total. The Balaban J connectivity index is 1.64. The molecule has 2 heterocycles. The van der Waals surface area contributed by atoms with Gasteiger partial charge in [-0.15, -0.1) is 5.10 Å². The average Bonchev–Trinajstić information content (AvgIpc) is 3.03. The van der Waals surface area contributed by atoms with E-state index in [4.69, 9.17) is 0 Å². The van der Waals surface area contributed by atoms with Gasteiger partial charge >= 0.3 is 0 Å². The van der Waals surface area contributed by atoms with Crippen LogP contribution in [0.2, 0.25) is 0 Å². The minimum absolute atomic E-state index is 0.196. The summed E-state index contributed by atoms with van der Waals surface area (Å²) in [6, 6.07) is 8.22. The molecule has 1 fully saturated rings. The molecule has 1 saturated carbocycles. The molecule has 130 valence electrons. The topological polar surface area (TPSA) is 82.7 Å². The van der Waals surface area contributed by atoms with Crippen molar-refractivity contribution in [3.8, 4) is 17.0 Å². The van der Waals surface area contributed by atoms with Crippen LogP contribution in [0.1, 0.15) is 25.7 Å². The number of fused-ring (bicyclic) bond motifs is 1. The van der Waals surface area contributed by atoms with E-state index >= 15 is 0 Å². The number of phenols is 1. The standard InChI is InChI=1S/C18H19FN4O2/c19-14-9-11(1-6-16(14)25)15-10-20-18-8-7-17(22-23(15)18)21-12-2-4-13(24)5-3-12/h1,6-10,12-13,24-25H,2-5H2,(H,21,22)/t12-,13-. The molecule has 1 aliphatic carbocycles. The van der Waals surface area contributed by atoms with Crippen molar-refractivity contribution >= 4 is 11.5 Å². The van der Waals surface area contributed by atoms with E-state index in [0.29, 0.717) is 22.7 Å². The number of aliphatic hydroxyl groups is 1. The molecule has 1 aromatic carbocycles. The number of anilines is 1. The Bertz CT molecular complexity index is 903. The van der Waals surface area contributed by atoms with Crippen molar-refractivity contribution in [2.75, 3.05) is 5.32 Å². The second kappa shape index (κ2) is 6.33. The molecule has 0 unspecified atom stereocenters. The predicted octanol–water partition coefficient (Wildman–Crippen LogP) is 2.96. The summed E-state index contributed by atoms with van der Waals surface area (Å²) in [7, 11) is 0. The number of hydrogen-bond donors (Lipinski definition) is 3. The normalized spacial score (nSPS) is 20.7. The molecule has 0 saturated heterocycles. The minimum Gasteiger partial charge on any atom is -0.505 e. The predicted molar refractivity (Wildman–Crippen MR) is 91.9 cm³/mol. The van der Waals surface area contributed by atoms with Gasteiger partial charge in [0.25, 0.3) is 0 Å².